The highest BCUT2D eigenvalue weighted by atomic mass is 16.2. The van der Waals surface area contributed by atoms with Crippen LogP contribution < -0.4 is 0 Å². The average Bonchev–Trinajstić information content (AvgIpc) is 2.82. The van der Waals surface area contributed by atoms with Crippen molar-refractivity contribution in [3.63, 3.8) is 0 Å². The van der Waals surface area contributed by atoms with Crippen molar-refractivity contribution in [2.75, 3.05) is 19.6 Å². The summed E-state index contributed by atoms with van der Waals surface area (Å²) in [5, 5.41) is 0. The van der Waals surface area contributed by atoms with Crippen molar-refractivity contribution in [2.24, 2.45) is 5.92 Å². The Labute approximate surface area is 144 Å². The molecular weight excluding hydrogens is 300 g/mol. The van der Waals surface area contributed by atoms with Gasteiger partial charge in [-0.15, -0.1) is 0 Å². The van der Waals surface area contributed by atoms with Crippen LogP contribution in [0, 0.1) is 12.8 Å². The maximum atomic E-state index is 12.9. The van der Waals surface area contributed by atoms with E-state index in [9.17, 15) is 9.59 Å². The third-order valence-electron chi connectivity index (χ3n) is 5.03. The maximum Gasteiger partial charge on any atom is 0.277 e. The van der Waals surface area contributed by atoms with Gasteiger partial charge in [0.2, 0.25) is 0 Å². The normalized spacial score (nSPS) is 19.6. The number of hydrogen-bond donors (Lipinski definition) is 0. The molecule has 0 atom stereocenters. The molecule has 0 saturated carbocycles. The van der Waals surface area contributed by atoms with Crippen LogP contribution in [0.5, 0.6) is 0 Å². The highest BCUT2D eigenvalue weighted by Crippen LogP contribution is 2.33. The highest BCUT2D eigenvalue weighted by molar-refractivity contribution is 6.35. The van der Waals surface area contributed by atoms with Crippen LogP contribution in [0.4, 0.5) is 0 Å². The molecule has 3 rings (SSSR count). The minimum absolute atomic E-state index is 0.119. The zero-order chi connectivity index (χ0) is 17.3. The number of piperidine rings is 1. The molecule has 1 aromatic rings. The zero-order valence-electron chi connectivity index (χ0n) is 14.8. The van der Waals surface area contributed by atoms with Crippen LogP contribution in [-0.2, 0) is 9.59 Å². The second kappa shape index (κ2) is 6.80. The number of rotatable bonds is 4. The van der Waals surface area contributed by atoms with Crippen LogP contribution >= 0.6 is 0 Å². The van der Waals surface area contributed by atoms with E-state index < -0.39 is 0 Å². The molecular formula is C20H26N2O2. The van der Waals surface area contributed by atoms with Gasteiger partial charge < -0.3 is 4.90 Å². The van der Waals surface area contributed by atoms with E-state index in [4.69, 9.17) is 0 Å². The first-order valence-electron chi connectivity index (χ1n) is 8.95. The Morgan fingerprint density at radius 1 is 1.04 bits per heavy atom. The molecule has 0 N–H and O–H groups in total. The number of carbonyl (C=O) groups is 2. The molecule has 2 heterocycles. The van der Waals surface area contributed by atoms with E-state index in [1.807, 2.05) is 38.1 Å². The number of imide groups is 1. The lowest BCUT2D eigenvalue weighted by molar-refractivity contribution is -0.137. The smallest absolute Gasteiger partial charge is 0.277 e. The first kappa shape index (κ1) is 16.7. The van der Waals surface area contributed by atoms with Gasteiger partial charge in [0.15, 0.2) is 0 Å². The molecule has 2 amide bonds. The SMILES string of the molecule is CCCN1C(=O)C(c2ccc(C)cc2)=C(N2CCC(C)CC2)C1=O. The van der Waals surface area contributed by atoms with Gasteiger partial charge in [-0.05, 0) is 37.7 Å². The number of hydrogen-bond acceptors (Lipinski definition) is 3. The number of aryl methyl sites for hydroxylation is 1. The zero-order valence-corrected chi connectivity index (χ0v) is 14.8. The van der Waals surface area contributed by atoms with Crippen LogP contribution in [-0.4, -0.2) is 41.2 Å². The van der Waals surface area contributed by atoms with Gasteiger partial charge in [0, 0.05) is 19.6 Å². The third kappa shape index (κ3) is 2.97. The summed E-state index contributed by atoms with van der Waals surface area (Å²) in [5.74, 6) is 0.426. The van der Waals surface area contributed by atoms with E-state index >= 15 is 0 Å². The predicted molar refractivity (Wildman–Crippen MR) is 95.1 cm³/mol. The van der Waals surface area contributed by atoms with Crippen LogP contribution in [0.25, 0.3) is 5.57 Å². The molecule has 1 fully saturated rings. The Bertz CT molecular complexity index is 667. The topological polar surface area (TPSA) is 40.6 Å². The van der Waals surface area contributed by atoms with Crippen molar-refractivity contribution >= 4 is 17.4 Å². The van der Waals surface area contributed by atoms with Crippen molar-refractivity contribution in [1.29, 1.82) is 0 Å². The molecule has 2 aliphatic rings. The second-order valence-electron chi connectivity index (χ2n) is 7.02. The molecule has 4 heteroatoms. The van der Waals surface area contributed by atoms with Gasteiger partial charge in [0.25, 0.3) is 11.8 Å². The number of nitrogens with zero attached hydrogens (tertiary/aromatic N) is 2. The van der Waals surface area contributed by atoms with E-state index in [-0.39, 0.29) is 11.8 Å². The summed E-state index contributed by atoms with van der Waals surface area (Å²) in [6.45, 7) is 8.46. The summed E-state index contributed by atoms with van der Waals surface area (Å²) < 4.78 is 0. The number of benzene rings is 1. The molecule has 0 aliphatic carbocycles. The van der Waals surface area contributed by atoms with Crippen molar-refractivity contribution in [1.82, 2.24) is 9.80 Å². The molecule has 1 saturated heterocycles. The molecule has 0 bridgehead atoms. The van der Waals surface area contributed by atoms with Crippen LogP contribution in [0.1, 0.15) is 44.2 Å². The van der Waals surface area contributed by atoms with Gasteiger partial charge in [-0.3, -0.25) is 14.5 Å². The van der Waals surface area contributed by atoms with Crippen molar-refractivity contribution in [3.05, 3.63) is 41.1 Å². The standard InChI is InChI=1S/C20H26N2O2/c1-4-11-22-19(23)17(16-7-5-14(2)6-8-16)18(20(22)24)21-12-9-15(3)10-13-21/h5-8,15H,4,9-13H2,1-3H3. The first-order chi connectivity index (χ1) is 11.5. The van der Waals surface area contributed by atoms with Gasteiger partial charge in [0.1, 0.15) is 5.70 Å². The fourth-order valence-corrected chi connectivity index (χ4v) is 3.50. The monoisotopic (exact) mass is 326 g/mol. The van der Waals surface area contributed by atoms with E-state index in [0.29, 0.717) is 23.7 Å². The molecule has 0 radical (unpaired) electrons. The largest absolute Gasteiger partial charge is 0.366 e. The summed E-state index contributed by atoms with van der Waals surface area (Å²) in [6.07, 6.45) is 2.92. The van der Waals surface area contributed by atoms with Gasteiger partial charge in [-0.1, -0.05) is 43.7 Å². The van der Waals surface area contributed by atoms with Crippen molar-refractivity contribution in [3.8, 4) is 0 Å². The van der Waals surface area contributed by atoms with E-state index in [2.05, 4.69) is 11.8 Å². The maximum absolute atomic E-state index is 12.9. The third-order valence-corrected chi connectivity index (χ3v) is 5.03. The van der Waals surface area contributed by atoms with E-state index in [1.54, 1.807) is 0 Å². The van der Waals surface area contributed by atoms with Crippen molar-refractivity contribution in [2.45, 2.75) is 40.0 Å². The van der Waals surface area contributed by atoms with Gasteiger partial charge >= 0.3 is 0 Å². The Kier molecular flexibility index (Phi) is 4.74. The molecule has 0 spiro atoms. The van der Waals surface area contributed by atoms with E-state index in [0.717, 1.165) is 43.5 Å². The molecule has 0 aromatic heterocycles. The van der Waals surface area contributed by atoms with Crippen molar-refractivity contribution < 1.29 is 9.59 Å². The quantitative estimate of drug-likeness (QED) is 0.798. The lowest BCUT2D eigenvalue weighted by Gasteiger charge is -2.32. The summed E-state index contributed by atoms with van der Waals surface area (Å²) >= 11 is 0. The summed E-state index contributed by atoms with van der Waals surface area (Å²) in [5.41, 5.74) is 3.20. The lowest BCUT2D eigenvalue weighted by atomic mass is 9.97. The minimum Gasteiger partial charge on any atom is -0.366 e. The van der Waals surface area contributed by atoms with Crippen LogP contribution in [0.3, 0.4) is 0 Å². The predicted octanol–water partition coefficient (Wildman–Crippen LogP) is 3.22. The number of likely N-dealkylation sites (tertiary alicyclic amines) is 1. The molecule has 24 heavy (non-hydrogen) atoms. The molecule has 4 nitrogen and oxygen atoms in total. The Morgan fingerprint density at radius 3 is 2.25 bits per heavy atom. The Hall–Kier alpha value is -2.10. The fourth-order valence-electron chi connectivity index (χ4n) is 3.50. The molecule has 1 aromatic carbocycles. The number of amides is 2. The van der Waals surface area contributed by atoms with Crippen LogP contribution in [0.15, 0.2) is 30.0 Å². The molecule has 2 aliphatic heterocycles. The average molecular weight is 326 g/mol. The van der Waals surface area contributed by atoms with Gasteiger partial charge in [-0.25, -0.2) is 0 Å². The summed E-state index contributed by atoms with van der Waals surface area (Å²) in [7, 11) is 0. The molecule has 0 unspecified atom stereocenters. The Morgan fingerprint density at radius 2 is 1.67 bits per heavy atom. The summed E-state index contributed by atoms with van der Waals surface area (Å²) in [6, 6.07) is 7.91. The fraction of sp³-hybridized carbons (Fsp3) is 0.500. The van der Waals surface area contributed by atoms with Crippen LogP contribution in [0.2, 0.25) is 0 Å². The van der Waals surface area contributed by atoms with Gasteiger partial charge in [-0.2, -0.15) is 0 Å². The van der Waals surface area contributed by atoms with Gasteiger partial charge in [0.05, 0.1) is 5.57 Å². The summed E-state index contributed by atoms with van der Waals surface area (Å²) in [4.78, 5) is 29.4. The lowest BCUT2D eigenvalue weighted by Crippen LogP contribution is -2.38. The Balaban J connectivity index is 2.03. The second-order valence-corrected chi connectivity index (χ2v) is 7.02. The molecule has 128 valence electrons. The number of carbonyl (C=O) groups excluding carboxylic acids is 2. The first-order valence-corrected chi connectivity index (χ1v) is 8.95. The highest BCUT2D eigenvalue weighted by Gasteiger charge is 2.41. The van der Waals surface area contributed by atoms with E-state index in [1.165, 1.54) is 4.90 Å². The minimum atomic E-state index is -0.140.